The number of carbonyl (C=O) groups is 2. The summed E-state index contributed by atoms with van der Waals surface area (Å²) in [5.74, 6) is -0.489. The molecular formula is C31H55IN2O4. The first-order chi connectivity index (χ1) is 17.9. The molecule has 1 aromatic carbocycles. The van der Waals surface area contributed by atoms with Crippen molar-refractivity contribution in [1.82, 2.24) is 5.32 Å². The fourth-order valence-electron chi connectivity index (χ4n) is 4.53. The second-order valence-corrected chi connectivity index (χ2v) is 10.8. The number of esters is 1. The van der Waals surface area contributed by atoms with Crippen molar-refractivity contribution in [3.8, 4) is 0 Å². The zero-order valence-electron chi connectivity index (χ0n) is 24.3. The van der Waals surface area contributed by atoms with E-state index in [4.69, 9.17) is 15.2 Å². The topological polar surface area (TPSA) is 90.7 Å². The molecule has 1 amide bonds. The molecule has 0 saturated carbocycles. The van der Waals surface area contributed by atoms with Gasteiger partial charge in [-0.1, -0.05) is 128 Å². The van der Waals surface area contributed by atoms with E-state index >= 15 is 0 Å². The van der Waals surface area contributed by atoms with Crippen molar-refractivity contribution in [1.29, 1.82) is 0 Å². The Hall–Kier alpha value is -1.35. The summed E-state index contributed by atoms with van der Waals surface area (Å²) in [6.07, 6.45) is 17.7. The van der Waals surface area contributed by atoms with Crippen LogP contribution in [0.2, 0.25) is 0 Å². The fraction of sp³-hybridized carbons (Fsp3) is 0.742. The lowest BCUT2D eigenvalue weighted by atomic mass is 9.83. The quantitative estimate of drug-likeness (QED) is 0.0758. The minimum Gasteiger partial charge on any atom is -0.462 e. The van der Waals surface area contributed by atoms with Crippen molar-refractivity contribution in [2.75, 3.05) is 19.8 Å². The first kappa shape index (κ1) is 36.6. The second kappa shape index (κ2) is 23.5. The Labute approximate surface area is 249 Å². The van der Waals surface area contributed by atoms with Crippen LogP contribution in [0.3, 0.4) is 0 Å². The van der Waals surface area contributed by atoms with E-state index in [1.807, 2.05) is 18.2 Å². The van der Waals surface area contributed by atoms with Crippen LogP contribution in [-0.2, 0) is 20.7 Å². The first-order valence-electron chi connectivity index (χ1n) is 14.8. The average Bonchev–Trinajstić information content (AvgIpc) is 2.87. The van der Waals surface area contributed by atoms with Crippen LogP contribution in [0.25, 0.3) is 0 Å². The third-order valence-corrected chi connectivity index (χ3v) is 6.85. The number of nitrogens with two attached hydrogens (primary N) is 1. The Balaban J connectivity index is 0.0000137. The maximum atomic E-state index is 12.0. The predicted molar refractivity (Wildman–Crippen MR) is 168 cm³/mol. The van der Waals surface area contributed by atoms with Crippen molar-refractivity contribution in [2.45, 2.75) is 123 Å². The van der Waals surface area contributed by atoms with Gasteiger partial charge in [0.15, 0.2) is 0 Å². The van der Waals surface area contributed by atoms with E-state index < -0.39 is 6.09 Å². The molecular weight excluding hydrogens is 591 g/mol. The zero-order chi connectivity index (χ0) is 27.2. The van der Waals surface area contributed by atoms with Gasteiger partial charge in [-0.2, -0.15) is 0 Å². The molecule has 6 nitrogen and oxygen atoms in total. The number of unbranched alkanes of at least 4 members (excludes halogenated alkanes) is 11. The van der Waals surface area contributed by atoms with Gasteiger partial charge in [-0.3, -0.25) is 4.79 Å². The Bertz CT molecular complexity index is 717. The fourth-order valence-corrected chi connectivity index (χ4v) is 4.53. The van der Waals surface area contributed by atoms with Gasteiger partial charge in [0.25, 0.3) is 0 Å². The highest BCUT2D eigenvalue weighted by Crippen LogP contribution is 2.22. The van der Waals surface area contributed by atoms with Crippen molar-refractivity contribution in [3.63, 3.8) is 0 Å². The summed E-state index contributed by atoms with van der Waals surface area (Å²) in [5.41, 5.74) is 7.73. The molecule has 0 radical (unpaired) electrons. The normalized spacial score (nSPS) is 12.4. The van der Waals surface area contributed by atoms with E-state index in [0.717, 1.165) is 19.3 Å². The monoisotopic (exact) mass is 646 g/mol. The zero-order valence-corrected chi connectivity index (χ0v) is 26.6. The molecule has 0 bridgehead atoms. The predicted octanol–water partition coefficient (Wildman–Crippen LogP) is 7.95. The molecule has 38 heavy (non-hydrogen) atoms. The summed E-state index contributed by atoms with van der Waals surface area (Å²) >= 11 is 0. The Kier molecular flexibility index (Phi) is 22.7. The molecule has 0 aliphatic carbocycles. The molecule has 1 aromatic rings. The van der Waals surface area contributed by atoms with E-state index in [1.54, 1.807) is 13.8 Å². The van der Waals surface area contributed by atoms with Gasteiger partial charge in [0.05, 0.1) is 5.92 Å². The van der Waals surface area contributed by atoms with Crippen LogP contribution in [0.5, 0.6) is 0 Å². The molecule has 0 aliphatic heterocycles. The number of rotatable bonds is 22. The highest BCUT2D eigenvalue weighted by molar-refractivity contribution is 14.0. The largest absolute Gasteiger partial charge is 0.462 e. The van der Waals surface area contributed by atoms with Crippen LogP contribution >= 0.6 is 24.0 Å². The number of nitrogens with one attached hydrogen (secondary N) is 1. The van der Waals surface area contributed by atoms with Gasteiger partial charge in [-0.25, -0.2) is 4.79 Å². The number of amides is 1. The first-order valence-corrected chi connectivity index (χ1v) is 14.8. The van der Waals surface area contributed by atoms with Crippen molar-refractivity contribution in [2.24, 2.45) is 11.7 Å². The summed E-state index contributed by atoms with van der Waals surface area (Å²) < 4.78 is 10.1. The highest BCUT2D eigenvalue weighted by atomic mass is 127. The lowest BCUT2D eigenvalue weighted by Crippen LogP contribution is -2.45. The standard InChI is InChI=1S/C31H54N2O4.HI/c1-4-5-6-7-8-9-10-11-12-13-14-18-21-31(32,26-28-19-16-15-17-20-28)22-23-33-30(35)37-25-24-36-29(34)27(2)3;/h15-17,19-20,27H,4-14,18,21-26,32H2,1-3H3,(H,33,35);1H. The molecule has 0 heterocycles. The average molecular weight is 647 g/mol. The number of halogens is 1. The summed E-state index contributed by atoms with van der Waals surface area (Å²) in [4.78, 5) is 23.5. The molecule has 0 spiro atoms. The smallest absolute Gasteiger partial charge is 0.407 e. The van der Waals surface area contributed by atoms with Crippen LogP contribution in [0.15, 0.2) is 30.3 Å². The molecule has 220 valence electrons. The van der Waals surface area contributed by atoms with E-state index in [2.05, 4.69) is 24.4 Å². The lowest BCUT2D eigenvalue weighted by Gasteiger charge is -2.30. The number of alkyl carbamates (subject to hydrolysis) is 1. The van der Waals surface area contributed by atoms with Gasteiger partial charge in [0, 0.05) is 12.1 Å². The molecule has 0 aliphatic rings. The summed E-state index contributed by atoms with van der Waals surface area (Å²) in [5, 5.41) is 2.80. The Morgan fingerprint density at radius 2 is 1.34 bits per heavy atom. The third-order valence-electron chi connectivity index (χ3n) is 6.85. The second-order valence-electron chi connectivity index (χ2n) is 10.8. The van der Waals surface area contributed by atoms with Gasteiger partial charge in [0.2, 0.25) is 0 Å². The minimum absolute atomic E-state index is 0. The number of hydrogen-bond donors (Lipinski definition) is 2. The van der Waals surface area contributed by atoms with E-state index in [9.17, 15) is 9.59 Å². The summed E-state index contributed by atoms with van der Waals surface area (Å²) in [7, 11) is 0. The van der Waals surface area contributed by atoms with Gasteiger partial charge < -0.3 is 20.5 Å². The maximum absolute atomic E-state index is 12.0. The Morgan fingerprint density at radius 1 is 0.816 bits per heavy atom. The van der Waals surface area contributed by atoms with Gasteiger partial charge in [-0.15, -0.1) is 24.0 Å². The molecule has 0 saturated heterocycles. The van der Waals surface area contributed by atoms with E-state index in [-0.39, 0.29) is 54.6 Å². The van der Waals surface area contributed by atoms with Crippen LogP contribution in [0.4, 0.5) is 4.79 Å². The number of ether oxygens (including phenoxy) is 2. The molecule has 1 atom stereocenters. The highest BCUT2D eigenvalue weighted by Gasteiger charge is 2.25. The SMILES string of the molecule is CCCCCCCCCCCCCCC(N)(CCNC(=O)OCCOC(=O)C(C)C)Cc1ccccc1.I. The van der Waals surface area contributed by atoms with Crippen LogP contribution < -0.4 is 11.1 Å². The summed E-state index contributed by atoms with van der Waals surface area (Å²) in [6.45, 7) is 6.36. The van der Waals surface area contributed by atoms with Crippen molar-refractivity contribution >= 4 is 36.0 Å². The van der Waals surface area contributed by atoms with Gasteiger partial charge in [-0.05, 0) is 24.8 Å². The number of benzene rings is 1. The third kappa shape index (κ3) is 19.7. The Morgan fingerprint density at radius 3 is 1.89 bits per heavy atom. The van der Waals surface area contributed by atoms with Gasteiger partial charge in [0.1, 0.15) is 13.2 Å². The van der Waals surface area contributed by atoms with Crippen LogP contribution in [0, 0.1) is 5.92 Å². The van der Waals surface area contributed by atoms with Gasteiger partial charge >= 0.3 is 12.1 Å². The molecule has 1 rings (SSSR count). The molecule has 1 unspecified atom stereocenters. The van der Waals surface area contributed by atoms with E-state index in [0.29, 0.717) is 13.0 Å². The number of carbonyl (C=O) groups excluding carboxylic acids is 2. The number of hydrogen-bond acceptors (Lipinski definition) is 5. The van der Waals surface area contributed by atoms with Crippen molar-refractivity contribution < 1.29 is 19.1 Å². The molecule has 0 fully saturated rings. The van der Waals surface area contributed by atoms with Crippen molar-refractivity contribution in [3.05, 3.63) is 35.9 Å². The molecule has 7 heteroatoms. The molecule has 0 aromatic heterocycles. The minimum atomic E-state index is -0.506. The van der Waals surface area contributed by atoms with E-state index in [1.165, 1.54) is 76.2 Å². The molecule has 3 N–H and O–H groups in total. The van der Waals surface area contributed by atoms with Crippen LogP contribution in [0.1, 0.15) is 116 Å². The lowest BCUT2D eigenvalue weighted by molar-refractivity contribution is -0.148. The maximum Gasteiger partial charge on any atom is 0.407 e. The van der Waals surface area contributed by atoms with Crippen LogP contribution in [-0.4, -0.2) is 37.4 Å². The summed E-state index contributed by atoms with van der Waals surface area (Å²) in [6, 6.07) is 10.3.